The Bertz CT molecular complexity index is 1190. The molecule has 0 saturated heterocycles. The van der Waals surface area contributed by atoms with Gasteiger partial charge in [0.15, 0.2) is 0 Å². The average molecular weight is 366 g/mol. The lowest BCUT2D eigenvalue weighted by Gasteiger charge is -2.31. The first-order chi connectivity index (χ1) is 13.7. The van der Waals surface area contributed by atoms with E-state index < -0.39 is 0 Å². The van der Waals surface area contributed by atoms with Gasteiger partial charge in [0.25, 0.3) is 0 Å². The van der Waals surface area contributed by atoms with Gasteiger partial charge in [-0.3, -0.25) is 0 Å². The van der Waals surface area contributed by atoms with E-state index in [-0.39, 0.29) is 5.41 Å². The Morgan fingerprint density at radius 3 is 1.68 bits per heavy atom. The van der Waals surface area contributed by atoms with Crippen LogP contribution in [0.5, 0.6) is 5.75 Å². The first-order valence-corrected chi connectivity index (χ1v) is 9.49. The molecule has 0 aliphatic heterocycles. The molecule has 0 aliphatic rings. The molecule has 0 spiro atoms. The van der Waals surface area contributed by atoms with Gasteiger partial charge in [-0.15, -0.1) is 0 Å². The van der Waals surface area contributed by atoms with Crippen LogP contribution in [0.25, 0.3) is 21.8 Å². The summed E-state index contributed by atoms with van der Waals surface area (Å²) in [6, 6.07) is 25.4. The lowest BCUT2D eigenvalue weighted by atomic mass is 9.71. The summed E-state index contributed by atoms with van der Waals surface area (Å²) < 4.78 is 5.39. The van der Waals surface area contributed by atoms with E-state index in [1.807, 2.05) is 12.1 Å². The lowest BCUT2D eigenvalue weighted by Crippen LogP contribution is -2.24. The van der Waals surface area contributed by atoms with Crippen molar-refractivity contribution in [2.24, 2.45) is 0 Å². The summed E-state index contributed by atoms with van der Waals surface area (Å²) in [5, 5.41) is 2.48. The van der Waals surface area contributed by atoms with Crippen LogP contribution in [0.3, 0.4) is 0 Å². The Morgan fingerprint density at radius 2 is 1.18 bits per heavy atom. The molecule has 5 rings (SSSR count). The summed E-state index contributed by atoms with van der Waals surface area (Å²) in [4.78, 5) is 6.92. The molecule has 2 heterocycles. The predicted molar refractivity (Wildman–Crippen MR) is 115 cm³/mol. The van der Waals surface area contributed by atoms with E-state index in [1.165, 1.54) is 27.5 Å². The van der Waals surface area contributed by atoms with E-state index in [1.54, 1.807) is 7.11 Å². The molecule has 0 fully saturated rings. The zero-order chi connectivity index (χ0) is 19.1. The van der Waals surface area contributed by atoms with Crippen molar-refractivity contribution < 1.29 is 4.74 Å². The number of hydrogen-bond acceptors (Lipinski definition) is 1. The van der Waals surface area contributed by atoms with Crippen molar-refractivity contribution in [3.05, 3.63) is 102 Å². The second kappa shape index (κ2) is 6.31. The Balaban J connectivity index is 1.83. The molecule has 0 radical (unpaired) electrons. The highest BCUT2D eigenvalue weighted by atomic mass is 16.5. The maximum Gasteiger partial charge on any atom is 0.118 e. The lowest BCUT2D eigenvalue weighted by molar-refractivity contribution is 0.414. The highest BCUT2D eigenvalue weighted by Gasteiger charge is 2.35. The van der Waals surface area contributed by atoms with Crippen molar-refractivity contribution in [3.63, 3.8) is 0 Å². The molecule has 138 valence electrons. The Labute approximate surface area is 164 Å². The van der Waals surface area contributed by atoms with Gasteiger partial charge in [0.1, 0.15) is 5.75 Å². The van der Waals surface area contributed by atoms with E-state index in [0.717, 1.165) is 16.8 Å². The van der Waals surface area contributed by atoms with Crippen LogP contribution in [-0.4, -0.2) is 17.1 Å². The van der Waals surface area contributed by atoms with Crippen LogP contribution in [0.15, 0.2) is 85.2 Å². The number of aromatic amines is 2. The molecule has 3 nitrogen and oxygen atoms in total. The van der Waals surface area contributed by atoms with Crippen LogP contribution in [0.2, 0.25) is 0 Å². The molecule has 0 unspecified atom stereocenters. The van der Waals surface area contributed by atoms with Gasteiger partial charge in [-0.05, 0) is 47.9 Å². The van der Waals surface area contributed by atoms with Crippen molar-refractivity contribution in [3.8, 4) is 5.75 Å². The second-order valence-corrected chi connectivity index (χ2v) is 7.35. The van der Waals surface area contributed by atoms with E-state index in [4.69, 9.17) is 4.74 Å². The summed E-state index contributed by atoms with van der Waals surface area (Å²) in [5.41, 5.74) is 5.72. The highest BCUT2D eigenvalue weighted by Crippen LogP contribution is 2.44. The fourth-order valence-corrected chi connectivity index (χ4v) is 4.35. The molecule has 3 aromatic carbocycles. The summed E-state index contributed by atoms with van der Waals surface area (Å²) in [7, 11) is 1.70. The predicted octanol–water partition coefficient (Wildman–Crippen LogP) is 6.01. The van der Waals surface area contributed by atoms with Gasteiger partial charge in [0.2, 0.25) is 0 Å². The van der Waals surface area contributed by atoms with E-state index in [9.17, 15) is 0 Å². The summed E-state index contributed by atoms with van der Waals surface area (Å²) >= 11 is 0. The quantitative estimate of drug-likeness (QED) is 0.402. The van der Waals surface area contributed by atoms with Gasteiger partial charge < -0.3 is 14.7 Å². The number of ether oxygens (including phenoxy) is 1. The molecule has 0 aliphatic carbocycles. The van der Waals surface area contributed by atoms with Crippen molar-refractivity contribution in [1.29, 1.82) is 0 Å². The molecular weight excluding hydrogens is 344 g/mol. The zero-order valence-corrected chi connectivity index (χ0v) is 16.0. The fourth-order valence-electron chi connectivity index (χ4n) is 4.35. The van der Waals surface area contributed by atoms with Crippen molar-refractivity contribution in [2.45, 2.75) is 12.3 Å². The third-order valence-electron chi connectivity index (χ3n) is 5.92. The number of fused-ring (bicyclic) bond motifs is 2. The molecular formula is C25H22N2O. The van der Waals surface area contributed by atoms with Gasteiger partial charge >= 0.3 is 0 Å². The molecule has 0 bridgehead atoms. The van der Waals surface area contributed by atoms with Gasteiger partial charge in [-0.1, -0.05) is 48.5 Å². The number of H-pyrrole nitrogens is 2. The van der Waals surface area contributed by atoms with Crippen molar-refractivity contribution >= 4 is 21.8 Å². The molecule has 3 heteroatoms. The molecule has 0 atom stereocenters. The standard InChI is InChI=1S/C25H22N2O/c1-25(17-11-13-18(28-2)14-12-17,21-15-26-23-9-5-3-7-19(21)23)22-16-27-24-10-6-4-8-20(22)24/h3-16,26-27H,1-2H3. The highest BCUT2D eigenvalue weighted by molar-refractivity contribution is 5.90. The Morgan fingerprint density at radius 1 is 0.679 bits per heavy atom. The fraction of sp³-hybridized carbons (Fsp3) is 0.120. The summed E-state index contributed by atoms with van der Waals surface area (Å²) in [5.74, 6) is 0.865. The molecule has 5 aromatic rings. The maximum absolute atomic E-state index is 5.39. The normalized spacial score (nSPS) is 11.9. The number of aromatic nitrogens is 2. The minimum atomic E-state index is -0.328. The Kier molecular flexibility index (Phi) is 3.76. The Hall–Kier alpha value is -3.46. The molecule has 0 saturated carbocycles. The van der Waals surface area contributed by atoms with Crippen LogP contribution < -0.4 is 4.74 Å². The van der Waals surface area contributed by atoms with Gasteiger partial charge in [0, 0.05) is 39.6 Å². The number of hydrogen-bond donors (Lipinski definition) is 2. The topological polar surface area (TPSA) is 40.8 Å². The van der Waals surface area contributed by atoms with E-state index in [0.29, 0.717) is 0 Å². The first kappa shape index (κ1) is 16.7. The van der Waals surface area contributed by atoms with Crippen LogP contribution in [0.1, 0.15) is 23.6 Å². The second-order valence-electron chi connectivity index (χ2n) is 7.35. The van der Waals surface area contributed by atoms with Gasteiger partial charge in [0.05, 0.1) is 7.11 Å². The monoisotopic (exact) mass is 366 g/mol. The summed E-state index contributed by atoms with van der Waals surface area (Å²) in [6.07, 6.45) is 4.30. The maximum atomic E-state index is 5.39. The molecule has 2 N–H and O–H groups in total. The zero-order valence-electron chi connectivity index (χ0n) is 16.0. The SMILES string of the molecule is COc1ccc(C(C)(c2c[nH]c3ccccc23)c2c[nH]c3ccccc23)cc1. The van der Waals surface area contributed by atoms with Crippen LogP contribution in [0.4, 0.5) is 0 Å². The number of benzene rings is 3. The summed E-state index contributed by atoms with van der Waals surface area (Å²) in [6.45, 7) is 2.31. The van der Waals surface area contributed by atoms with Crippen LogP contribution in [-0.2, 0) is 5.41 Å². The van der Waals surface area contributed by atoms with E-state index in [2.05, 4.69) is 89.9 Å². The first-order valence-electron chi connectivity index (χ1n) is 9.49. The number of methoxy groups -OCH3 is 1. The number of para-hydroxylation sites is 2. The van der Waals surface area contributed by atoms with Gasteiger partial charge in [-0.25, -0.2) is 0 Å². The minimum Gasteiger partial charge on any atom is -0.497 e. The molecule has 2 aromatic heterocycles. The van der Waals surface area contributed by atoms with Crippen molar-refractivity contribution in [1.82, 2.24) is 9.97 Å². The number of rotatable bonds is 4. The van der Waals surface area contributed by atoms with Gasteiger partial charge in [-0.2, -0.15) is 0 Å². The minimum absolute atomic E-state index is 0.328. The third-order valence-corrected chi connectivity index (χ3v) is 5.92. The largest absolute Gasteiger partial charge is 0.497 e. The molecule has 0 amide bonds. The van der Waals surface area contributed by atoms with Crippen LogP contribution in [0, 0.1) is 0 Å². The third kappa shape index (κ3) is 2.36. The number of nitrogens with one attached hydrogen (secondary N) is 2. The average Bonchev–Trinajstić information content (AvgIpc) is 3.38. The molecule has 28 heavy (non-hydrogen) atoms. The van der Waals surface area contributed by atoms with Crippen molar-refractivity contribution in [2.75, 3.05) is 7.11 Å². The smallest absolute Gasteiger partial charge is 0.118 e. The van der Waals surface area contributed by atoms with Crippen LogP contribution >= 0.6 is 0 Å². The van der Waals surface area contributed by atoms with E-state index >= 15 is 0 Å².